The van der Waals surface area contributed by atoms with Crippen molar-refractivity contribution in [3.63, 3.8) is 0 Å². The van der Waals surface area contributed by atoms with E-state index in [4.69, 9.17) is 9.15 Å². The molecule has 8 nitrogen and oxygen atoms in total. The predicted molar refractivity (Wildman–Crippen MR) is 113 cm³/mol. The average Bonchev–Trinajstić information content (AvgIpc) is 3.46. The molecular formula is C23H24N4O4. The van der Waals surface area contributed by atoms with Crippen molar-refractivity contribution in [2.45, 2.75) is 38.6 Å². The van der Waals surface area contributed by atoms with Gasteiger partial charge in [-0.3, -0.25) is 14.2 Å². The minimum Gasteiger partial charge on any atom is -0.497 e. The molecule has 1 amide bonds. The number of ether oxygens (including phenoxy) is 1. The lowest BCUT2D eigenvalue weighted by Crippen LogP contribution is -2.35. The maximum Gasteiger partial charge on any atom is 0.280 e. The smallest absolute Gasteiger partial charge is 0.280 e. The molecule has 0 N–H and O–H groups in total. The van der Waals surface area contributed by atoms with Gasteiger partial charge in [0.05, 0.1) is 18.1 Å². The van der Waals surface area contributed by atoms with Crippen molar-refractivity contribution in [3.05, 3.63) is 63.6 Å². The SMILES string of the molecule is COc1ccc(-c2nnc3n(c2=O)CC[C@]32CCN(C(=O)c3cc(C)oc3C)C2)cc1. The second-order valence-corrected chi connectivity index (χ2v) is 8.39. The molecule has 3 aromatic rings. The standard InChI is InChI=1S/C23H24N4O4/c1-14-12-18(15(2)31-14)20(28)26-10-8-23(13-26)9-11-27-21(29)19(24-25-22(23)27)16-4-6-17(30-3)7-5-16/h4-7,12H,8-11,13H2,1-3H3/t23-/m0/s1. The minimum absolute atomic E-state index is 0.0326. The molecule has 2 aliphatic heterocycles. The largest absolute Gasteiger partial charge is 0.497 e. The number of rotatable bonds is 3. The minimum atomic E-state index is -0.326. The van der Waals surface area contributed by atoms with Crippen LogP contribution in [0.1, 0.15) is 40.5 Å². The lowest BCUT2D eigenvalue weighted by atomic mass is 9.85. The Hall–Kier alpha value is -3.42. The van der Waals surface area contributed by atoms with Gasteiger partial charge in [-0.2, -0.15) is 0 Å². The highest BCUT2D eigenvalue weighted by Crippen LogP contribution is 2.41. The lowest BCUT2D eigenvalue weighted by molar-refractivity contribution is 0.0781. The van der Waals surface area contributed by atoms with Gasteiger partial charge in [0.2, 0.25) is 0 Å². The maximum atomic E-state index is 13.2. The van der Waals surface area contributed by atoms with Crippen LogP contribution in [-0.4, -0.2) is 45.8 Å². The van der Waals surface area contributed by atoms with Gasteiger partial charge in [0.25, 0.3) is 11.5 Å². The summed E-state index contributed by atoms with van der Waals surface area (Å²) >= 11 is 0. The molecule has 1 atom stereocenters. The Bertz CT molecular complexity index is 1230. The van der Waals surface area contributed by atoms with E-state index in [-0.39, 0.29) is 16.9 Å². The number of amides is 1. The molecule has 0 saturated carbocycles. The first kappa shape index (κ1) is 19.5. The van der Waals surface area contributed by atoms with Gasteiger partial charge in [-0.05, 0) is 57.0 Å². The fourth-order valence-electron chi connectivity index (χ4n) is 4.83. The van der Waals surface area contributed by atoms with E-state index in [0.717, 1.165) is 24.4 Å². The average molecular weight is 420 g/mol. The number of carbonyl (C=O) groups excluding carboxylic acids is 1. The number of likely N-dealkylation sites (tertiary alicyclic amines) is 1. The summed E-state index contributed by atoms with van der Waals surface area (Å²) in [6.45, 7) is 5.39. The Balaban J connectivity index is 1.44. The number of methoxy groups -OCH3 is 1. The fraction of sp³-hybridized carbons (Fsp3) is 0.391. The van der Waals surface area contributed by atoms with Gasteiger partial charge < -0.3 is 14.1 Å². The monoisotopic (exact) mass is 420 g/mol. The molecule has 8 heteroatoms. The molecule has 2 aromatic heterocycles. The summed E-state index contributed by atoms with van der Waals surface area (Å²) in [5.74, 6) is 2.73. The number of furan rings is 1. The molecule has 1 aromatic carbocycles. The van der Waals surface area contributed by atoms with Crippen LogP contribution in [0, 0.1) is 13.8 Å². The van der Waals surface area contributed by atoms with Crippen LogP contribution in [0.4, 0.5) is 0 Å². The third-order valence-electron chi connectivity index (χ3n) is 6.51. The van der Waals surface area contributed by atoms with Crippen LogP contribution in [0.25, 0.3) is 11.3 Å². The molecule has 0 bridgehead atoms. The van der Waals surface area contributed by atoms with E-state index in [1.54, 1.807) is 29.9 Å². The Morgan fingerprint density at radius 1 is 1.13 bits per heavy atom. The van der Waals surface area contributed by atoms with Crippen LogP contribution in [0.2, 0.25) is 0 Å². The molecule has 0 unspecified atom stereocenters. The Morgan fingerprint density at radius 3 is 2.55 bits per heavy atom. The van der Waals surface area contributed by atoms with E-state index in [1.807, 2.05) is 30.9 Å². The van der Waals surface area contributed by atoms with Crippen LogP contribution >= 0.6 is 0 Å². The van der Waals surface area contributed by atoms with Gasteiger partial charge in [-0.25, -0.2) is 0 Å². The number of hydrogen-bond acceptors (Lipinski definition) is 6. The van der Waals surface area contributed by atoms with E-state index in [9.17, 15) is 9.59 Å². The zero-order chi connectivity index (χ0) is 21.8. The molecule has 1 saturated heterocycles. The number of carbonyl (C=O) groups is 1. The maximum absolute atomic E-state index is 13.2. The molecule has 0 radical (unpaired) electrons. The van der Waals surface area contributed by atoms with E-state index in [0.29, 0.717) is 48.0 Å². The predicted octanol–water partition coefficient (Wildman–Crippen LogP) is 2.71. The normalized spacial score (nSPS) is 19.8. The second kappa shape index (κ2) is 7.08. The summed E-state index contributed by atoms with van der Waals surface area (Å²) in [6.07, 6.45) is 1.54. The van der Waals surface area contributed by atoms with Crippen molar-refractivity contribution < 1.29 is 13.9 Å². The summed E-state index contributed by atoms with van der Waals surface area (Å²) in [5, 5.41) is 8.79. The van der Waals surface area contributed by atoms with Crippen molar-refractivity contribution >= 4 is 5.91 Å². The summed E-state index contributed by atoms with van der Waals surface area (Å²) in [5.41, 5.74) is 1.18. The van der Waals surface area contributed by atoms with Crippen molar-refractivity contribution in [1.29, 1.82) is 0 Å². The van der Waals surface area contributed by atoms with Gasteiger partial charge in [-0.15, -0.1) is 10.2 Å². The van der Waals surface area contributed by atoms with Crippen LogP contribution in [0.3, 0.4) is 0 Å². The number of aryl methyl sites for hydroxylation is 2. The van der Waals surface area contributed by atoms with Crippen molar-refractivity contribution in [2.75, 3.05) is 20.2 Å². The lowest BCUT2D eigenvalue weighted by Gasteiger charge is -2.23. The molecule has 0 aliphatic carbocycles. The van der Waals surface area contributed by atoms with E-state index in [2.05, 4.69) is 10.2 Å². The molecule has 5 rings (SSSR count). The van der Waals surface area contributed by atoms with Gasteiger partial charge in [-0.1, -0.05) is 0 Å². The van der Waals surface area contributed by atoms with E-state index >= 15 is 0 Å². The molecular weight excluding hydrogens is 396 g/mol. The number of hydrogen-bond donors (Lipinski definition) is 0. The third kappa shape index (κ3) is 3.05. The van der Waals surface area contributed by atoms with E-state index < -0.39 is 0 Å². The summed E-state index contributed by atoms with van der Waals surface area (Å²) in [4.78, 5) is 28.1. The van der Waals surface area contributed by atoms with Gasteiger partial charge >= 0.3 is 0 Å². The van der Waals surface area contributed by atoms with Crippen molar-refractivity contribution in [1.82, 2.24) is 19.7 Å². The quantitative estimate of drug-likeness (QED) is 0.647. The molecule has 2 aliphatic rings. The van der Waals surface area contributed by atoms with Crippen LogP contribution in [0.15, 0.2) is 39.5 Å². The first-order valence-corrected chi connectivity index (χ1v) is 10.4. The van der Waals surface area contributed by atoms with Crippen molar-refractivity contribution in [2.24, 2.45) is 0 Å². The molecule has 160 valence electrons. The van der Waals surface area contributed by atoms with E-state index in [1.165, 1.54) is 0 Å². The summed E-state index contributed by atoms with van der Waals surface area (Å²) < 4.78 is 12.4. The van der Waals surface area contributed by atoms with Crippen molar-refractivity contribution in [3.8, 4) is 17.0 Å². The number of nitrogens with zero attached hydrogens (tertiary/aromatic N) is 4. The first-order chi connectivity index (χ1) is 14.9. The fourth-order valence-corrected chi connectivity index (χ4v) is 4.83. The Morgan fingerprint density at radius 2 is 1.87 bits per heavy atom. The first-order valence-electron chi connectivity index (χ1n) is 10.4. The Kier molecular flexibility index (Phi) is 4.46. The van der Waals surface area contributed by atoms with Crippen LogP contribution in [0.5, 0.6) is 5.75 Å². The molecule has 4 heterocycles. The van der Waals surface area contributed by atoms with Gasteiger partial charge in [0.1, 0.15) is 23.1 Å². The third-order valence-corrected chi connectivity index (χ3v) is 6.51. The number of aromatic nitrogens is 3. The molecule has 1 fully saturated rings. The number of fused-ring (bicyclic) bond motifs is 2. The zero-order valence-corrected chi connectivity index (χ0v) is 17.8. The summed E-state index contributed by atoms with van der Waals surface area (Å²) in [6, 6.07) is 9.02. The number of benzene rings is 1. The van der Waals surface area contributed by atoms with Gasteiger partial charge in [0.15, 0.2) is 5.69 Å². The highest BCUT2D eigenvalue weighted by atomic mass is 16.5. The highest BCUT2D eigenvalue weighted by molar-refractivity contribution is 5.95. The molecule has 31 heavy (non-hydrogen) atoms. The zero-order valence-electron chi connectivity index (χ0n) is 17.8. The second-order valence-electron chi connectivity index (χ2n) is 8.39. The summed E-state index contributed by atoms with van der Waals surface area (Å²) in [7, 11) is 1.60. The topological polar surface area (TPSA) is 90.5 Å². The van der Waals surface area contributed by atoms with Gasteiger partial charge in [0, 0.05) is 25.2 Å². The Labute approximate surface area is 179 Å². The highest BCUT2D eigenvalue weighted by Gasteiger charge is 2.48. The van der Waals surface area contributed by atoms with Crippen LogP contribution < -0.4 is 10.3 Å². The molecule has 1 spiro atoms. The van der Waals surface area contributed by atoms with Crippen LogP contribution in [-0.2, 0) is 12.0 Å².